The van der Waals surface area contributed by atoms with Crippen LogP contribution in [0.5, 0.6) is 0 Å². The van der Waals surface area contributed by atoms with Crippen molar-refractivity contribution < 1.29 is 40.4 Å². The second kappa shape index (κ2) is 17.7. The summed E-state index contributed by atoms with van der Waals surface area (Å²) >= 11 is 0. The summed E-state index contributed by atoms with van der Waals surface area (Å²) in [6, 6.07) is 13.5. The third kappa shape index (κ3) is 9.69. The average Bonchev–Trinajstić information content (AvgIpc) is 3.58. The molecule has 6 heterocycles. The van der Waals surface area contributed by atoms with Gasteiger partial charge in [0.05, 0.1) is 11.8 Å². The Labute approximate surface area is 361 Å². The first-order chi connectivity index (χ1) is 30.0. The lowest BCUT2D eigenvalue weighted by atomic mass is 10.0. The Kier molecular flexibility index (Phi) is 12.3. The standard InChI is InChI=1S/C42H47F4N11O5S/c1-53(63(2,61)62)38-27(4-3-13-47-38)22-48-37-32(42(44,45)46)23-49-41(52-37)50-29-5-7-30(8-6-29)55-14-11-31(12-15-55)56-18-16-54(17-19-56)24-26-20-28-25-57(40(60)36(28)33(43)21-26)34-9-10-35(58)51-39(34)59/h3-8,13,20-21,23,31,34H,9-12,14-19,22,24-25H2,1-2H3,(H,51,58,59)(H2,48,49,50,52). The Balaban J connectivity index is 0.820. The van der Waals surface area contributed by atoms with Gasteiger partial charge in [0.25, 0.3) is 5.91 Å². The van der Waals surface area contributed by atoms with Crippen molar-refractivity contribution >= 4 is 56.7 Å². The summed E-state index contributed by atoms with van der Waals surface area (Å²) in [6.07, 6.45) is 0.627. The summed E-state index contributed by atoms with van der Waals surface area (Å²) in [7, 11) is -2.36. The van der Waals surface area contributed by atoms with Gasteiger partial charge in [0, 0.05) is 108 Å². The van der Waals surface area contributed by atoms with Crippen molar-refractivity contribution in [3.63, 3.8) is 0 Å². The predicted octanol–water partition coefficient (Wildman–Crippen LogP) is 4.33. The summed E-state index contributed by atoms with van der Waals surface area (Å²) in [5.41, 5.74) is 2.18. The summed E-state index contributed by atoms with van der Waals surface area (Å²) in [6.45, 7) is 5.52. The Bertz CT molecular complexity index is 2500. The van der Waals surface area contributed by atoms with Gasteiger partial charge in [-0.05, 0) is 66.8 Å². The topological polar surface area (TPSA) is 176 Å². The van der Waals surface area contributed by atoms with Crippen molar-refractivity contribution in [2.24, 2.45) is 0 Å². The van der Waals surface area contributed by atoms with E-state index in [1.165, 1.54) is 24.2 Å². The molecule has 1 atom stereocenters. The van der Waals surface area contributed by atoms with Gasteiger partial charge in [-0.3, -0.25) is 33.8 Å². The Hall–Kier alpha value is -5.93. The van der Waals surface area contributed by atoms with Crippen LogP contribution in [-0.2, 0) is 45.4 Å². The number of piperidine rings is 2. The number of pyridine rings is 1. The van der Waals surface area contributed by atoms with Crippen molar-refractivity contribution in [3.05, 3.63) is 94.6 Å². The highest BCUT2D eigenvalue weighted by Crippen LogP contribution is 2.35. The lowest BCUT2D eigenvalue weighted by molar-refractivity contribution is -0.138. The zero-order valence-corrected chi connectivity index (χ0v) is 35.5. The van der Waals surface area contributed by atoms with E-state index in [0.29, 0.717) is 35.6 Å². The number of anilines is 5. The molecule has 63 heavy (non-hydrogen) atoms. The van der Waals surface area contributed by atoms with E-state index in [1.807, 2.05) is 30.3 Å². The molecule has 4 aliphatic rings. The minimum absolute atomic E-state index is 0.000437. The molecule has 4 aromatic rings. The maximum Gasteiger partial charge on any atom is 0.421 e. The number of carbonyl (C=O) groups is 3. The van der Waals surface area contributed by atoms with Crippen LogP contribution in [0.15, 0.2) is 60.9 Å². The smallest absolute Gasteiger partial charge is 0.371 e. The number of aromatic nitrogens is 3. The molecule has 3 saturated heterocycles. The van der Waals surface area contributed by atoms with E-state index in [2.05, 4.69) is 45.6 Å². The van der Waals surface area contributed by atoms with Crippen molar-refractivity contribution in [1.82, 2.24) is 35.0 Å². The summed E-state index contributed by atoms with van der Waals surface area (Å²) < 4.78 is 82.5. The Morgan fingerprint density at radius 1 is 0.952 bits per heavy atom. The van der Waals surface area contributed by atoms with E-state index < -0.39 is 51.3 Å². The van der Waals surface area contributed by atoms with E-state index in [9.17, 15) is 36.0 Å². The molecule has 2 aromatic carbocycles. The molecule has 0 saturated carbocycles. The van der Waals surface area contributed by atoms with Crippen LogP contribution in [0, 0.1) is 5.82 Å². The van der Waals surface area contributed by atoms with Gasteiger partial charge in [0.1, 0.15) is 29.1 Å². The number of amides is 3. The van der Waals surface area contributed by atoms with Crippen LogP contribution in [0.4, 0.5) is 46.5 Å². The number of alkyl halides is 3. The molecule has 16 nitrogen and oxygen atoms in total. The average molecular weight is 894 g/mol. The highest BCUT2D eigenvalue weighted by molar-refractivity contribution is 7.92. The molecule has 8 rings (SSSR count). The largest absolute Gasteiger partial charge is 0.421 e. The molecule has 3 fully saturated rings. The molecule has 4 aliphatic heterocycles. The highest BCUT2D eigenvalue weighted by Gasteiger charge is 2.41. The monoisotopic (exact) mass is 893 g/mol. The van der Waals surface area contributed by atoms with Gasteiger partial charge in [0.15, 0.2) is 0 Å². The number of carbonyl (C=O) groups excluding carboxylic acids is 3. The van der Waals surface area contributed by atoms with Crippen molar-refractivity contribution in [2.75, 3.05) is 72.4 Å². The molecule has 1 unspecified atom stereocenters. The molecule has 21 heteroatoms. The van der Waals surface area contributed by atoms with Crippen molar-refractivity contribution in [1.29, 1.82) is 0 Å². The molecule has 0 aliphatic carbocycles. The number of fused-ring (bicyclic) bond motifs is 1. The number of nitrogens with zero attached hydrogens (tertiary/aromatic N) is 8. The summed E-state index contributed by atoms with van der Waals surface area (Å²) in [4.78, 5) is 57.7. The molecule has 2 aromatic heterocycles. The number of benzene rings is 2. The number of rotatable bonds is 12. The first-order valence-corrected chi connectivity index (χ1v) is 22.5. The number of halogens is 4. The van der Waals surface area contributed by atoms with Gasteiger partial charge in [-0.1, -0.05) is 12.1 Å². The SMILES string of the molecule is CN(c1ncccc1CNc1nc(Nc2ccc(N3CCC(N4CCN(Cc5cc(F)c6c(c5)CN(C5CCC(=O)NC5=O)C6=O)CC4)CC3)cc2)ncc1C(F)(F)F)S(C)(=O)=O. The summed E-state index contributed by atoms with van der Waals surface area (Å²) in [5.74, 6) is -2.48. The number of hydrogen-bond donors (Lipinski definition) is 3. The zero-order chi connectivity index (χ0) is 44.6. The molecule has 0 spiro atoms. The van der Waals surface area contributed by atoms with Crippen LogP contribution in [0.3, 0.4) is 0 Å². The van der Waals surface area contributed by atoms with Crippen LogP contribution < -0.4 is 25.2 Å². The molecular weight excluding hydrogens is 847 g/mol. The summed E-state index contributed by atoms with van der Waals surface area (Å²) in [5, 5.41) is 7.96. The highest BCUT2D eigenvalue weighted by atomic mass is 32.2. The van der Waals surface area contributed by atoms with Crippen LogP contribution in [0.25, 0.3) is 0 Å². The van der Waals surface area contributed by atoms with Gasteiger partial charge in [-0.2, -0.15) is 18.2 Å². The molecule has 0 bridgehead atoms. The molecule has 334 valence electrons. The minimum atomic E-state index is -4.76. The van der Waals surface area contributed by atoms with Gasteiger partial charge >= 0.3 is 6.18 Å². The van der Waals surface area contributed by atoms with Crippen molar-refractivity contribution in [2.45, 2.75) is 63.6 Å². The number of sulfonamides is 1. The zero-order valence-electron chi connectivity index (χ0n) is 34.7. The van der Waals surface area contributed by atoms with E-state index in [4.69, 9.17) is 0 Å². The molecule has 0 radical (unpaired) electrons. The van der Waals surface area contributed by atoms with Crippen LogP contribution >= 0.6 is 0 Å². The third-order valence-corrected chi connectivity index (χ3v) is 13.3. The maximum atomic E-state index is 15.3. The number of imide groups is 1. The van der Waals surface area contributed by atoms with E-state index >= 15 is 4.39 Å². The fourth-order valence-corrected chi connectivity index (χ4v) is 9.18. The van der Waals surface area contributed by atoms with Crippen LogP contribution in [0.2, 0.25) is 0 Å². The Morgan fingerprint density at radius 3 is 2.37 bits per heavy atom. The van der Waals surface area contributed by atoms with E-state index in [-0.39, 0.29) is 49.2 Å². The Morgan fingerprint density at radius 2 is 1.68 bits per heavy atom. The maximum absolute atomic E-state index is 15.3. The van der Waals surface area contributed by atoms with Gasteiger partial charge in [-0.15, -0.1) is 0 Å². The fraction of sp³-hybridized carbons (Fsp3) is 0.429. The quantitative estimate of drug-likeness (QED) is 0.136. The third-order valence-electron chi connectivity index (χ3n) is 12.1. The second-order valence-electron chi connectivity index (χ2n) is 16.2. The van der Waals surface area contributed by atoms with E-state index in [0.717, 1.165) is 73.9 Å². The minimum Gasteiger partial charge on any atom is -0.371 e. The lowest BCUT2D eigenvalue weighted by Gasteiger charge is -2.43. The van der Waals surface area contributed by atoms with Crippen LogP contribution in [-0.4, -0.2) is 120 Å². The first kappa shape index (κ1) is 43.7. The van der Waals surface area contributed by atoms with Gasteiger partial charge in [0.2, 0.25) is 27.8 Å². The number of nitrogens with one attached hydrogen (secondary N) is 3. The molecule has 3 amide bonds. The first-order valence-electron chi connectivity index (χ1n) is 20.6. The van der Waals surface area contributed by atoms with Gasteiger partial charge in [-0.25, -0.2) is 22.8 Å². The number of hydrogen-bond acceptors (Lipinski definition) is 13. The normalized spacial score (nSPS) is 19.3. The van der Waals surface area contributed by atoms with E-state index in [1.54, 1.807) is 12.1 Å². The number of piperazine rings is 1. The second-order valence-corrected chi connectivity index (χ2v) is 18.3. The lowest BCUT2D eigenvalue weighted by Crippen LogP contribution is -2.53. The predicted molar refractivity (Wildman–Crippen MR) is 226 cm³/mol. The van der Waals surface area contributed by atoms with Crippen LogP contribution in [0.1, 0.15) is 58.3 Å². The fourth-order valence-electron chi connectivity index (χ4n) is 8.70. The van der Waals surface area contributed by atoms with Crippen molar-refractivity contribution in [3.8, 4) is 0 Å². The molecular formula is C42H47F4N11O5S. The van der Waals surface area contributed by atoms with Gasteiger partial charge < -0.3 is 20.4 Å². The molecule has 3 N–H and O–H groups in total.